The van der Waals surface area contributed by atoms with Gasteiger partial charge in [0.05, 0.1) is 0 Å². The highest BCUT2D eigenvalue weighted by molar-refractivity contribution is 5.58. The Kier molecular flexibility index (Phi) is 4.63. The number of nitrogens with one attached hydrogen (secondary N) is 1. The maximum absolute atomic E-state index is 5.64. The number of anilines is 1. The van der Waals surface area contributed by atoms with Crippen LogP contribution in [0.1, 0.15) is 31.9 Å². The summed E-state index contributed by atoms with van der Waals surface area (Å²) < 4.78 is 0. The topological polar surface area (TPSA) is 38.0 Å². The third kappa shape index (κ3) is 2.96. The number of aryl methyl sites for hydroxylation is 2. The molecule has 0 spiro atoms. The molecule has 0 radical (unpaired) electrons. The van der Waals surface area contributed by atoms with Crippen LogP contribution in [0.5, 0.6) is 0 Å². The Labute approximate surface area is 92.9 Å². The van der Waals surface area contributed by atoms with Gasteiger partial charge in [0.2, 0.25) is 0 Å². The molecule has 0 bridgehead atoms. The monoisotopic (exact) mass is 206 g/mol. The van der Waals surface area contributed by atoms with E-state index in [4.69, 9.17) is 5.73 Å². The Hall–Kier alpha value is -1.02. The van der Waals surface area contributed by atoms with E-state index in [-0.39, 0.29) is 0 Å². The molecule has 2 nitrogen and oxygen atoms in total. The second kappa shape index (κ2) is 5.76. The van der Waals surface area contributed by atoms with Gasteiger partial charge in [-0.05, 0) is 30.9 Å². The molecule has 15 heavy (non-hydrogen) atoms. The molecule has 1 aromatic carbocycles. The molecule has 1 atom stereocenters. The van der Waals surface area contributed by atoms with Gasteiger partial charge < -0.3 is 11.1 Å². The largest absolute Gasteiger partial charge is 0.381 e. The van der Waals surface area contributed by atoms with Crippen molar-refractivity contribution in [2.75, 3.05) is 11.9 Å². The molecule has 0 saturated heterocycles. The summed E-state index contributed by atoms with van der Waals surface area (Å²) in [5, 5.41) is 3.51. The van der Waals surface area contributed by atoms with Gasteiger partial charge in [0.1, 0.15) is 0 Å². The van der Waals surface area contributed by atoms with Crippen molar-refractivity contribution in [1.82, 2.24) is 0 Å². The van der Waals surface area contributed by atoms with Gasteiger partial charge >= 0.3 is 0 Å². The first-order valence-corrected chi connectivity index (χ1v) is 5.80. The van der Waals surface area contributed by atoms with E-state index in [9.17, 15) is 0 Å². The fourth-order valence-corrected chi connectivity index (χ4v) is 1.73. The smallest absolute Gasteiger partial charge is 0.0407 e. The molecule has 1 aromatic rings. The van der Waals surface area contributed by atoms with E-state index in [1.165, 1.54) is 16.8 Å². The van der Waals surface area contributed by atoms with Crippen LogP contribution in [0.2, 0.25) is 0 Å². The number of hydrogen-bond donors (Lipinski definition) is 2. The van der Waals surface area contributed by atoms with Gasteiger partial charge in [0.25, 0.3) is 0 Å². The van der Waals surface area contributed by atoms with E-state index in [0.29, 0.717) is 12.6 Å². The first kappa shape index (κ1) is 12.1. The number of para-hydroxylation sites is 1. The van der Waals surface area contributed by atoms with Crippen molar-refractivity contribution < 1.29 is 0 Å². The van der Waals surface area contributed by atoms with Crippen LogP contribution in [0.4, 0.5) is 5.69 Å². The summed E-state index contributed by atoms with van der Waals surface area (Å²) in [7, 11) is 0. The van der Waals surface area contributed by atoms with Gasteiger partial charge in [-0.1, -0.05) is 32.0 Å². The number of benzene rings is 1. The van der Waals surface area contributed by atoms with E-state index in [0.717, 1.165) is 12.8 Å². The predicted octanol–water partition coefficient (Wildman–Crippen LogP) is 2.57. The lowest BCUT2D eigenvalue weighted by Gasteiger charge is -2.19. The standard InChI is InChI=1S/C13H22N2/c1-4-11-7-6-8-12(5-2)13(11)15-10(3)9-14/h6-8,10,15H,4-5,9,14H2,1-3H3. The lowest BCUT2D eigenvalue weighted by atomic mass is 10.0. The SMILES string of the molecule is CCc1cccc(CC)c1NC(C)CN. The third-order valence-corrected chi connectivity index (χ3v) is 2.74. The van der Waals surface area contributed by atoms with Gasteiger partial charge in [-0.3, -0.25) is 0 Å². The Morgan fingerprint density at radius 2 is 1.73 bits per heavy atom. The molecule has 0 heterocycles. The molecule has 0 aromatic heterocycles. The highest BCUT2D eigenvalue weighted by Gasteiger charge is 2.07. The number of hydrogen-bond acceptors (Lipinski definition) is 2. The minimum Gasteiger partial charge on any atom is -0.381 e. The van der Waals surface area contributed by atoms with Crippen LogP contribution in [0.15, 0.2) is 18.2 Å². The Bertz CT molecular complexity index is 285. The van der Waals surface area contributed by atoms with Crippen molar-refractivity contribution >= 4 is 5.69 Å². The van der Waals surface area contributed by atoms with Crippen LogP contribution in [-0.4, -0.2) is 12.6 Å². The van der Waals surface area contributed by atoms with Crippen molar-refractivity contribution in [2.45, 2.75) is 39.7 Å². The average Bonchev–Trinajstić information content (AvgIpc) is 2.29. The fraction of sp³-hybridized carbons (Fsp3) is 0.538. The van der Waals surface area contributed by atoms with E-state index in [1.807, 2.05) is 0 Å². The summed E-state index contributed by atoms with van der Waals surface area (Å²) in [6, 6.07) is 6.84. The van der Waals surface area contributed by atoms with E-state index >= 15 is 0 Å². The van der Waals surface area contributed by atoms with Crippen molar-refractivity contribution in [2.24, 2.45) is 5.73 Å². The summed E-state index contributed by atoms with van der Waals surface area (Å²) in [6.07, 6.45) is 2.13. The van der Waals surface area contributed by atoms with Gasteiger partial charge in [-0.2, -0.15) is 0 Å². The Morgan fingerprint density at radius 3 is 2.13 bits per heavy atom. The van der Waals surface area contributed by atoms with Crippen LogP contribution < -0.4 is 11.1 Å². The molecule has 1 unspecified atom stereocenters. The second-order valence-corrected chi connectivity index (χ2v) is 3.94. The zero-order chi connectivity index (χ0) is 11.3. The minimum atomic E-state index is 0.336. The summed E-state index contributed by atoms with van der Waals surface area (Å²) in [4.78, 5) is 0. The van der Waals surface area contributed by atoms with Crippen LogP contribution in [0, 0.1) is 0 Å². The molecule has 0 aliphatic heterocycles. The van der Waals surface area contributed by atoms with Crippen LogP contribution in [-0.2, 0) is 12.8 Å². The molecule has 0 fully saturated rings. The highest BCUT2D eigenvalue weighted by Crippen LogP contribution is 2.23. The summed E-state index contributed by atoms with van der Waals surface area (Å²) in [5.41, 5.74) is 9.70. The van der Waals surface area contributed by atoms with Gasteiger partial charge in [-0.15, -0.1) is 0 Å². The van der Waals surface area contributed by atoms with Crippen LogP contribution in [0.3, 0.4) is 0 Å². The molecule has 0 amide bonds. The zero-order valence-electron chi connectivity index (χ0n) is 10.0. The van der Waals surface area contributed by atoms with Gasteiger partial charge in [0.15, 0.2) is 0 Å². The second-order valence-electron chi connectivity index (χ2n) is 3.94. The third-order valence-electron chi connectivity index (χ3n) is 2.74. The maximum atomic E-state index is 5.64. The quantitative estimate of drug-likeness (QED) is 0.777. The lowest BCUT2D eigenvalue weighted by molar-refractivity contribution is 0.798. The predicted molar refractivity (Wildman–Crippen MR) is 67.3 cm³/mol. The van der Waals surface area contributed by atoms with Crippen molar-refractivity contribution in [3.8, 4) is 0 Å². The lowest BCUT2D eigenvalue weighted by Crippen LogP contribution is -2.26. The summed E-state index contributed by atoms with van der Waals surface area (Å²) in [6.45, 7) is 7.16. The molecular weight excluding hydrogens is 184 g/mol. The highest BCUT2D eigenvalue weighted by atomic mass is 14.9. The van der Waals surface area contributed by atoms with Gasteiger partial charge in [0, 0.05) is 18.3 Å². The molecule has 0 aliphatic carbocycles. The first-order chi connectivity index (χ1) is 7.22. The zero-order valence-corrected chi connectivity index (χ0v) is 10.0. The molecule has 3 N–H and O–H groups in total. The van der Waals surface area contributed by atoms with E-state index < -0.39 is 0 Å². The van der Waals surface area contributed by atoms with Crippen LogP contribution in [0.25, 0.3) is 0 Å². The maximum Gasteiger partial charge on any atom is 0.0407 e. The molecule has 0 aliphatic rings. The summed E-state index contributed by atoms with van der Waals surface area (Å²) in [5.74, 6) is 0. The van der Waals surface area contributed by atoms with Gasteiger partial charge in [-0.25, -0.2) is 0 Å². The van der Waals surface area contributed by atoms with Crippen molar-refractivity contribution in [1.29, 1.82) is 0 Å². The number of rotatable bonds is 5. The summed E-state index contributed by atoms with van der Waals surface area (Å²) >= 11 is 0. The average molecular weight is 206 g/mol. The normalized spacial score (nSPS) is 12.5. The molecule has 1 rings (SSSR count). The Morgan fingerprint density at radius 1 is 1.20 bits per heavy atom. The molecule has 2 heteroatoms. The molecule has 84 valence electrons. The number of nitrogens with two attached hydrogens (primary N) is 1. The minimum absolute atomic E-state index is 0.336. The Balaban J connectivity index is 2.99. The van der Waals surface area contributed by atoms with Crippen molar-refractivity contribution in [3.63, 3.8) is 0 Å². The van der Waals surface area contributed by atoms with Crippen molar-refractivity contribution in [3.05, 3.63) is 29.3 Å². The molecular formula is C13H22N2. The molecule has 0 saturated carbocycles. The fourth-order valence-electron chi connectivity index (χ4n) is 1.73. The van der Waals surface area contributed by atoms with Crippen LogP contribution >= 0.6 is 0 Å². The van der Waals surface area contributed by atoms with E-state index in [2.05, 4.69) is 44.3 Å². The first-order valence-electron chi connectivity index (χ1n) is 5.80. The van der Waals surface area contributed by atoms with E-state index in [1.54, 1.807) is 0 Å².